The second-order valence-corrected chi connectivity index (χ2v) is 4.88. The van der Waals surface area contributed by atoms with Gasteiger partial charge in [-0.05, 0) is 47.6 Å². The van der Waals surface area contributed by atoms with Crippen LogP contribution in [0.5, 0.6) is 0 Å². The third-order valence-corrected chi connectivity index (χ3v) is 3.27. The van der Waals surface area contributed by atoms with Crippen molar-refractivity contribution in [1.82, 2.24) is 20.1 Å². The van der Waals surface area contributed by atoms with Gasteiger partial charge in [-0.15, -0.1) is 0 Å². The van der Waals surface area contributed by atoms with E-state index in [9.17, 15) is 0 Å². The number of rotatable bonds is 5. The van der Waals surface area contributed by atoms with E-state index in [1.807, 2.05) is 35.3 Å². The topological polar surface area (TPSA) is 42.7 Å². The van der Waals surface area contributed by atoms with E-state index in [0.29, 0.717) is 0 Å². The lowest BCUT2D eigenvalue weighted by molar-refractivity contribution is 0.534. The van der Waals surface area contributed by atoms with E-state index in [2.05, 4.69) is 45.2 Å². The smallest absolute Gasteiger partial charge is 0.0921 e. The summed E-state index contributed by atoms with van der Waals surface area (Å²) in [5.41, 5.74) is 2.16. The summed E-state index contributed by atoms with van der Waals surface area (Å²) in [6.45, 7) is 5.94. The molecule has 2 rings (SSSR count). The Kier molecular flexibility index (Phi) is 4.49. The molecule has 0 bridgehead atoms. The van der Waals surface area contributed by atoms with E-state index in [4.69, 9.17) is 0 Å². The van der Waals surface area contributed by atoms with Crippen LogP contribution < -0.4 is 5.32 Å². The average molecular weight is 309 g/mol. The number of hydrogen-bond donors (Lipinski definition) is 1. The molecule has 0 aliphatic rings. The third kappa shape index (κ3) is 2.79. The SMILES string of the molecule is CCNC(c1ccc(Br)cn1)c1ccnn1CC. The van der Waals surface area contributed by atoms with Gasteiger partial charge in [0.05, 0.1) is 17.4 Å². The van der Waals surface area contributed by atoms with Crippen LogP contribution in [0.15, 0.2) is 35.1 Å². The predicted molar refractivity (Wildman–Crippen MR) is 75.4 cm³/mol. The summed E-state index contributed by atoms with van der Waals surface area (Å²) >= 11 is 3.41. The minimum Gasteiger partial charge on any atom is -0.304 e. The van der Waals surface area contributed by atoms with E-state index in [-0.39, 0.29) is 6.04 Å². The summed E-state index contributed by atoms with van der Waals surface area (Å²) in [4.78, 5) is 4.48. The number of nitrogens with zero attached hydrogens (tertiary/aromatic N) is 3. The van der Waals surface area contributed by atoms with Crippen LogP contribution in [0.1, 0.15) is 31.3 Å². The number of aromatic nitrogens is 3. The molecule has 0 radical (unpaired) electrons. The zero-order valence-electron chi connectivity index (χ0n) is 10.6. The van der Waals surface area contributed by atoms with Crippen molar-refractivity contribution >= 4 is 15.9 Å². The molecule has 4 nitrogen and oxygen atoms in total. The van der Waals surface area contributed by atoms with Crippen molar-refractivity contribution in [2.24, 2.45) is 0 Å². The van der Waals surface area contributed by atoms with E-state index in [1.54, 1.807) is 0 Å². The van der Waals surface area contributed by atoms with Crippen LogP contribution in [-0.2, 0) is 6.54 Å². The molecule has 2 heterocycles. The van der Waals surface area contributed by atoms with E-state index >= 15 is 0 Å². The first-order valence-electron chi connectivity index (χ1n) is 6.12. The maximum Gasteiger partial charge on any atom is 0.0921 e. The Balaban J connectivity index is 2.36. The first kappa shape index (κ1) is 13.2. The zero-order chi connectivity index (χ0) is 13.0. The molecule has 1 atom stereocenters. The summed E-state index contributed by atoms with van der Waals surface area (Å²) in [7, 11) is 0. The molecule has 5 heteroatoms. The molecule has 0 spiro atoms. The van der Waals surface area contributed by atoms with Gasteiger partial charge in [-0.3, -0.25) is 9.67 Å². The van der Waals surface area contributed by atoms with Gasteiger partial charge >= 0.3 is 0 Å². The van der Waals surface area contributed by atoms with Crippen LogP contribution in [-0.4, -0.2) is 21.3 Å². The molecule has 0 aromatic carbocycles. The van der Waals surface area contributed by atoms with Crippen molar-refractivity contribution in [2.75, 3.05) is 6.54 Å². The Labute approximate surface area is 116 Å². The highest BCUT2D eigenvalue weighted by Crippen LogP contribution is 2.21. The Morgan fingerprint density at radius 1 is 1.33 bits per heavy atom. The number of pyridine rings is 1. The summed E-state index contributed by atoms with van der Waals surface area (Å²) < 4.78 is 2.99. The van der Waals surface area contributed by atoms with Gasteiger partial charge in [0, 0.05) is 23.4 Å². The molecule has 1 unspecified atom stereocenters. The number of nitrogens with one attached hydrogen (secondary N) is 1. The lowest BCUT2D eigenvalue weighted by Gasteiger charge is -2.18. The molecule has 2 aromatic rings. The molecule has 0 saturated carbocycles. The van der Waals surface area contributed by atoms with Crippen LogP contribution in [0.2, 0.25) is 0 Å². The predicted octanol–water partition coefficient (Wildman–Crippen LogP) is 2.76. The van der Waals surface area contributed by atoms with Gasteiger partial charge in [-0.1, -0.05) is 6.92 Å². The van der Waals surface area contributed by atoms with Crippen molar-refractivity contribution in [3.05, 3.63) is 46.5 Å². The largest absolute Gasteiger partial charge is 0.304 e. The molecular weight excluding hydrogens is 292 g/mol. The summed E-state index contributed by atoms with van der Waals surface area (Å²) in [6, 6.07) is 6.18. The second-order valence-electron chi connectivity index (χ2n) is 3.96. The minimum atomic E-state index is 0.0885. The van der Waals surface area contributed by atoms with Gasteiger partial charge in [-0.25, -0.2) is 0 Å². The van der Waals surface area contributed by atoms with Gasteiger partial charge < -0.3 is 5.32 Å². The average Bonchev–Trinajstić information content (AvgIpc) is 2.85. The molecule has 0 saturated heterocycles. The second kappa shape index (κ2) is 6.11. The quantitative estimate of drug-likeness (QED) is 0.923. The molecule has 2 aromatic heterocycles. The van der Waals surface area contributed by atoms with Gasteiger partial charge in [0.2, 0.25) is 0 Å². The first-order valence-corrected chi connectivity index (χ1v) is 6.92. The molecule has 0 amide bonds. The Hall–Kier alpha value is -1.20. The molecule has 0 fully saturated rings. The van der Waals surface area contributed by atoms with Crippen LogP contribution in [0.3, 0.4) is 0 Å². The standard InChI is InChI=1S/C13H17BrN4/c1-3-15-13(11-6-5-10(14)9-16-11)12-7-8-17-18(12)4-2/h5-9,13,15H,3-4H2,1-2H3. The highest BCUT2D eigenvalue weighted by atomic mass is 79.9. The highest BCUT2D eigenvalue weighted by Gasteiger charge is 2.17. The number of aryl methyl sites for hydroxylation is 1. The highest BCUT2D eigenvalue weighted by molar-refractivity contribution is 9.10. The maximum atomic E-state index is 4.48. The van der Waals surface area contributed by atoms with Gasteiger partial charge in [0.1, 0.15) is 0 Å². The van der Waals surface area contributed by atoms with Crippen molar-refractivity contribution in [3.63, 3.8) is 0 Å². The van der Waals surface area contributed by atoms with E-state index < -0.39 is 0 Å². The van der Waals surface area contributed by atoms with E-state index in [1.165, 1.54) is 0 Å². The lowest BCUT2D eigenvalue weighted by Crippen LogP contribution is -2.25. The first-order chi connectivity index (χ1) is 8.76. The minimum absolute atomic E-state index is 0.0885. The summed E-state index contributed by atoms with van der Waals surface area (Å²) in [6.07, 6.45) is 3.66. The van der Waals surface area contributed by atoms with Crippen molar-refractivity contribution in [2.45, 2.75) is 26.4 Å². The fourth-order valence-electron chi connectivity index (χ4n) is 1.98. The Bertz CT molecular complexity index is 492. The molecular formula is C13H17BrN4. The van der Waals surface area contributed by atoms with Crippen molar-refractivity contribution in [3.8, 4) is 0 Å². The molecule has 1 N–H and O–H groups in total. The van der Waals surface area contributed by atoms with Crippen LogP contribution >= 0.6 is 15.9 Å². The third-order valence-electron chi connectivity index (χ3n) is 2.80. The van der Waals surface area contributed by atoms with Crippen molar-refractivity contribution in [1.29, 1.82) is 0 Å². The molecule has 18 heavy (non-hydrogen) atoms. The van der Waals surface area contributed by atoms with Crippen molar-refractivity contribution < 1.29 is 0 Å². The van der Waals surface area contributed by atoms with Gasteiger partial charge in [-0.2, -0.15) is 5.10 Å². The molecule has 0 aliphatic heterocycles. The summed E-state index contributed by atoms with van der Waals surface area (Å²) in [5.74, 6) is 0. The van der Waals surface area contributed by atoms with Gasteiger partial charge in [0.25, 0.3) is 0 Å². The number of halogens is 1. The molecule has 96 valence electrons. The monoisotopic (exact) mass is 308 g/mol. The van der Waals surface area contributed by atoms with Crippen LogP contribution in [0.25, 0.3) is 0 Å². The fourth-order valence-corrected chi connectivity index (χ4v) is 2.21. The number of hydrogen-bond acceptors (Lipinski definition) is 3. The fraction of sp³-hybridized carbons (Fsp3) is 0.385. The Morgan fingerprint density at radius 2 is 2.17 bits per heavy atom. The van der Waals surface area contributed by atoms with E-state index in [0.717, 1.165) is 29.0 Å². The van der Waals surface area contributed by atoms with Crippen LogP contribution in [0.4, 0.5) is 0 Å². The maximum absolute atomic E-state index is 4.48. The normalized spacial score (nSPS) is 12.6. The lowest BCUT2D eigenvalue weighted by atomic mass is 10.1. The molecule has 0 aliphatic carbocycles. The Morgan fingerprint density at radius 3 is 2.78 bits per heavy atom. The van der Waals surface area contributed by atoms with Gasteiger partial charge in [0.15, 0.2) is 0 Å². The zero-order valence-corrected chi connectivity index (χ0v) is 12.2. The van der Waals surface area contributed by atoms with Crippen LogP contribution in [0, 0.1) is 0 Å². The summed E-state index contributed by atoms with van der Waals surface area (Å²) in [5, 5.41) is 7.78.